The van der Waals surface area contributed by atoms with Crippen LogP contribution in [0.3, 0.4) is 0 Å². The van der Waals surface area contributed by atoms with Crippen molar-refractivity contribution in [3.8, 4) is 55.4 Å². The molecule has 0 amide bonds. The number of fused-ring (bicyclic) bond motifs is 4. The van der Waals surface area contributed by atoms with E-state index in [4.69, 9.17) is 19.9 Å². The van der Waals surface area contributed by atoms with Gasteiger partial charge >= 0.3 is 218 Å². The van der Waals surface area contributed by atoms with Gasteiger partial charge in [-0.15, -0.1) is 0 Å². The largest absolute Gasteiger partial charge is 0.0615 e. The zero-order valence-corrected chi connectivity index (χ0v) is 26.9. The van der Waals surface area contributed by atoms with Crippen molar-refractivity contribution in [3.05, 3.63) is 158 Å². The Morgan fingerprint density at radius 3 is 1.60 bits per heavy atom. The first kappa shape index (κ1) is 27.6. The van der Waals surface area contributed by atoms with Gasteiger partial charge in [-0.2, -0.15) is 0 Å². The number of nitrogens with zero attached hydrogens (tertiary/aromatic N) is 4. The van der Waals surface area contributed by atoms with Crippen LogP contribution in [0.4, 0.5) is 0 Å². The van der Waals surface area contributed by atoms with Gasteiger partial charge in [-0.05, 0) is 0 Å². The molecule has 7 aromatic carbocycles. The van der Waals surface area contributed by atoms with E-state index in [9.17, 15) is 0 Å². The first-order valence-electron chi connectivity index (χ1n) is 15.6. The van der Waals surface area contributed by atoms with Crippen LogP contribution >= 0.6 is 0 Å². The zero-order chi connectivity index (χ0) is 31.2. The quantitative estimate of drug-likeness (QED) is 0.172. The standard InChI is InChI=1S/C42H26N4Se/c1-4-12-27(13-5-1)39-44-40(28-14-6-2-7-15-28)46-41(45-39)33-25-30-18-10-11-19-34(30)36(26-33)32-20-22-35-31(24-32)21-23-37-38(35)47-42(43-37)29-16-8-3-9-17-29/h1-26H. The Kier molecular flexibility index (Phi) is 6.78. The average molecular weight is 666 g/mol. The minimum absolute atomic E-state index is 0.149. The summed E-state index contributed by atoms with van der Waals surface area (Å²) in [5.41, 5.74) is 7.47. The molecule has 0 atom stereocenters. The van der Waals surface area contributed by atoms with Crippen molar-refractivity contribution in [1.82, 2.24) is 19.9 Å². The fourth-order valence-electron chi connectivity index (χ4n) is 6.20. The van der Waals surface area contributed by atoms with E-state index in [0.717, 1.165) is 38.7 Å². The summed E-state index contributed by atoms with van der Waals surface area (Å²) < 4.78 is 2.54. The fourth-order valence-corrected chi connectivity index (χ4v) is 8.52. The van der Waals surface area contributed by atoms with Gasteiger partial charge in [-0.25, -0.2) is 0 Å². The van der Waals surface area contributed by atoms with Crippen LogP contribution in [0, 0.1) is 0 Å². The molecule has 9 rings (SSSR count). The smallest absolute Gasteiger partial charge is 0.0512 e. The van der Waals surface area contributed by atoms with E-state index in [0.29, 0.717) is 17.5 Å². The molecule has 2 heterocycles. The van der Waals surface area contributed by atoms with Gasteiger partial charge in [0.1, 0.15) is 0 Å². The molecule has 0 radical (unpaired) electrons. The normalized spacial score (nSPS) is 11.4. The number of hydrogen-bond donors (Lipinski definition) is 0. The van der Waals surface area contributed by atoms with E-state index < -0.39 is 0 Å². The van der Waals surface area contributed by atoms with Crippen LogP contribution in [-0.4, -0.2) is 34.4 Å². The van der Waals surface area contributed by atoms with Crippen molar-refractivity contribution < 1.29 is 0 Å². The Hall–Kier alpha value is -5.74. The van der Waals surface area contributed by atoms with E-state index in [2.05, 4.69) is 97.1 Å². The van der Waals surface area contributed by atoms with Gasteiger partial charge in [-0.3, -0.25) is 0 Å². The molecule has 4 nitrogen and oxygen atoms in total. The predicted molar refractivity (Wildman–Crippen MR) is 194 cm³/mol. The maximum atomic E-state index is 5.03. The third-order valence-corrected chi connectivity index (χ3v) is 10.9. The van der Waals surface area contributed by atoms with Gasteiger partial charge in [0, 0.05) is 0 Å². The van der Waals surface area contributed by atoms with Crippen LogP contribution in [0.1, 0.15) is 0 Å². The summed E-state index contributed by atoms with van der Waals surface area (Å²) >= 11 is 0.149. The summed E-state index contributed by atoms with van der Waals surface area (Å²) in [7, 11) is 0. The molecule has 0 fully saturated rings. The first-order chi connectivity index (χ1) is 23.3. The Bertz CT molecular complexity index is 2500. The second kappa shape index (κ2) is 11.6. The number of aromatic nitrogens is 4. The molecule has 0 unspecified atom stereocenters. The van der Waals surface area contributed by atoms with E-state index in [1.165, 1.54) is 30.6 Å². The Morgan fingerprint density at radius 2 is 0.915 bits per heavy atom. The van der Waals surface area contributed by atoms with Gasteiger partial charge in [0.25, 0.3) is 0 Å². The molecule has 5 heteroatoms. The van der Waals surface area contributed by atoms with Crippen LogP contribution in [0.25, 0.3) is 86.7 Å². The second-order valence-corrected chi connectivity index (χ2v) is 13.6. The summed E-state index contributed by atoms with van der Waals surface area (Å²) in [6.45, 7) is 0. The van der Waals surface area contributed by atoms with Crippen LogP contribution in [0.5, 0.6) is 0 Å². The second-order valence-electron chi connectivity index (χ2n) is 11.5. The molecule has 0 aliphatic carbocycles. The molecule has 47 heavy (non-hydrogen) atoms. The molecular formula is C42H26N4Se. The number of rotatable bonds is 5. The summed E-state index contributed by atoms with van der Waals surface area (Å²) in [5.74, 6) is 1.96. The van der Waals surface area contributed by atoms with Gasteiger partial charge in [0.05, 0.1) is 0 Å². The molecule has 0 N–H and O–H groups in total. The summed E-state index contributed by atoms with van der Waals surface area (Å²) in [6.07, 6.45) is 0. The van der Waals surface area contributed by atoms with Crippen molar-refractivity contribution >= 4 is 45.8 Å². The van der Waals surface area contributed by atoms with E-state index >= 15 is 0 Å². The topological polar surface area (TPSA) is 51.6 Å². The van der Waals surface area contributed by atoms with Crippen LogP contribution in [0.2, 0.25) is 0 Å². The average Bonchev–Trinajstić information content (AvgIpc) is 3.60. The third-order valence-electron chi connectivity index (χ3n) is 8.52. The Morgan fingerprint density at radius 1 is 0.362 bits per heavy atom. The van der Waals surface area contributed by atoms with Crippen LogP contribution < -0.4 is 0 Å². The molecule has 2 aromatic heterocycles. The minimum Gasteiger partial charge on any atom is -0.0615 e. The van der Waals surface area contributed by atoms with Crippen LogP contribution in [-0.2, 0) is 0 Å². The molecule has 0 aliphatic heterocycles. The summed E-state index contributed by atoms with van der Waals surface area (Å²) in [4.78, 5) is 20.0. The molecule has 9 aromatic rings. The Balaban J connectivity index is 1.21. The zero-order valence-electron chi connectivity index (χ0n) is 25.2. The number of benzene rings is 7. The van der Waals surface area contributed by atoms with Gasteiger partial charge in [0.15, 0.2) is 0 Å². The van der Waals surface area contributed by atoms with E-state index in [1.54, 1.807) is 0 Å². The predicted octanol–water partition coefficient (Wildman–Crippen LogP) is 10.1. The molecular weight excluding hydrogens is 639 g/mol. The van der Waals surface area contributed by atoms with Crippen molar-refractivity contribution in [2.24, 2.45) is 0 Å². The summed E-state index contributed by atoms with van der Waals surface area (Å²) in [5, 5.41) is 4.83. The van der Waals surface area contributed by atoms with E-state index in [-0.39, 0.29) is 14.5 Å². The SMILES string of the molecule is c1ccc(-c2nc(-c3ccccc3)nc(-c3cc(-c4ccc5c(ccc6nc(-c7ccccc7)[se]c65)c4)c4ccccc4c3)n2)cc1. The molecule has 0 saturated carbocycles. The van der Waals surface area contributed by atoms with E-state index in [1.807, 2.05) is 60.7 Å². The van der Waals surface area contributed by atoms with Gasteiger partial charge < -0.3 is 0 Å². The number of hydrogen-bond acceptors (Lipinski definition) is 4. The molecule has 220 valence electrons. The summed E-state index contributed by atoms with van der Waals surface area (Å²) in [6, 6.07) is 55.0. The van der Waals surface area contributed by atoms with Gasteiger partial charge in [0.2, 0.25) is 0 Å². The maximum Gasteiger partial charge on any atom is -0.0512 e. The maximum absolute atomic E-state index is 5.03. The first-order valence-corrected chi connectivity index (χ1v) is 17.3. The Labute approximate surface area is 277 Å². The third kappa shape index (κ3) is 5.12. The molecule has 0 spiro atoms. The minimum atomic E-state index is 0.149. The van der Waals surface area contributed by atoms with Crippen molar-refractivity contribution in [2.75, 3.05) is 0 Å². The molecule has 0 bridgehead atoms. The van der Waals surface area contributed by atoms with Crippen molar-refractivity contribution in [2.45, 2.75) is 0 Å². The monoisotopic (exact) mass is 666 g/mol. The fraction of sp³-hybridized carbons (Fsp3) is 0. The molecule has 0 aliphatic rings. The van der Waals surface area contributed by atoms with Gasteiger partial charge in [-0.1, -0.05) is 60.7 Å². The van der Waals surface area contributed by atoms with Crippen molar-refractivity contribution in [1.29, 1.82) is 0 Å². The molecule has 0 saturated heterocycles. The van der Waals surface area contributed by atoms with Crippen molar-refractivity contribution in [3.63, 3.8) is 0 Å². The van der Waals surface area contributed by atoms with Crippen LogP contribution in [0.15, 0.2) is 158 Å².